The van der Waals surface area contributed by atoms with Crippen molar-refractivity contribution in [2.24, 2.45) is 10.7 Å². The van der Waals surface area contributed by atoms with Crippen molar-refractivity contribution in [3.05, 3.63) is 24.2 Å². The van der Waals surface area contributed by atoms with Crippen molar-refractivity contribution in [3.8, 4) is 0 Å². The highest BCUT2D eigenvalue weighted by atomic mass is 16.5. The first-order valence-electron chi connectivity index (χ1n) is 2.87. The van der Waals surface area contributed by atoms with Crippen LogP contribution >= 0.6 is 0 Å². The number of hydrogen-bond acceptors (Lipinski definition) is 3. The molecule has 0 heterocycles. The maximum atomic E-state index is 5.39. The number of nitrogens with two attached hydrogens (primary N) is 1. The van der Waals surface area contributed by atoms with Crippen molar-refractivity contribution < 1.29 is 4.74 Å². The van der Waals surface area contributed by atoms with E-state index in [-0.39, 0.29) is 0 Å². The van der Waals surface area contributed by atoms with Crippen LogP contribution in [0.2, 0.25) is 0 Å². The van der Waals surface area contributed by atoms with Crippen LogP contribution in [0.4, 0.5) is 0 Å². The summed E-state index contributed by atoms with van der Waals surface area (Å²) < 4.78 is 4.82. The van der Waals surface area contributed by atoms with Gasteiger partial charge in [-0.25, -0.2) is 4.99 Å². The van der Waals surface area contributed by atoms with Crippen LogP contribution in [0.15, 0.2) is 29.2 Å². The molecular weight excluding hydrogens is 128 g/mol. The average molecular weight is 140 g/mol. The Kier molecular flexibility index (Phi) is 4.04. The zero-order valence-electron chi connectivity index (χ0n) is 6.29. The molecule has 0 fully saturated rings. The van der Waals surface area contributed by atoms with E-state index in [1.54, 1.807) is 13.0 Å². The van der Waals surface area contributed by atoms with Crippen LogP contribution in [-0.4, -0.2) is 13.3 Å². The number of ether oxygens (including phenoxy) is 1. The van der Waals surface area contributed by atoms with Gasteiger partial charge < -0.3 is 10.5 Å². The summed E-state index contributed by atoms with van der Waals surface area (Å²) in [5, 5.41) is 0. The maximum absolute atomic E-state index is 5.39. The summed E-state index contributed by atoms with van der Waals surface area (Å²) in [6, 6.07) is 0. The topological polar surface area (TPSA) is 47.6 Å². The summed E-state index contributed by atoms with van der Waals surface area (Å²) in [5.41, 5.74) is 5.95. The van der Waals surface area contributed by atoms with Crippen LogP contribution in [0, 0.1) is 0 Å². The van der Waals surface area contributed by atoms with Crippen molar-refractivity contribution in [1.82, 2.24) is 0 Å². The van der Waals surface area contributed by atoms with Gasteiger partial charge in [0.25, 0.3) is 0 Å². The van der Waals surface area contributed by atoms with Gasteiger partial charge in [0.15, 0.2) is 0 Å². The molecule has 2 N–H and O–H groups in total. The first-order chi connectivity index (χ1) is 4.72. The molecule has 0 rings (SSSR count). The van der Waals surface area contributed by atoms with Crippen molar-refractivity contribution in [1.29, 1.82) is 0 Å². The molecule has 0 aliphatic rings. The summed E-state index contributed by atoms with van der Waals surface area (Å²) in [4.78, 5) is 3.85. The van der Waals surface area contributed by atoms with Gasteiger partial charge in [-0.15, -0.1) is 0 Å². The molecule has 0 aromatic rings. The molecule has 0 aliphatic carbocycles. The molecule has 0 aliphatic heterocycles. The molecule has 0 saturated carbocycles. The first kappa shape index (κ1) is 8.75. The highest BCUT2D eigenvalue weighted by Gasteiger charge is 1.91. The lowest BCUT2D eigenvalue weighted by Gasteiger charge is -1.99. The van der Waals surface area contributed by atoms with Crippen LogP contribution < -0.4 is 5.73 Å². The van der Waals surface area contributed by atoms with Gasteiger partial charge in [-0.3, -0.25) is 0 Å². The van der Waals surface area contributed by atoms with E-state index in [2.05, 4.69) is 11.6 Å². The third kappa shape index (κ3) is 2.91. The Morgan fingerprint density at radius 2 is 2.30 bits per heavy atom. The van der Waals surface area contributed by atoms with Gasteiger partial charge in [0.05, 0.1) is 12.8 Å². The SMILES string of the molecule is C=C/C=N\C(OC)=C(/C)N. The molecule has 3 nitrogen and oxygen atoms in total. The smallest absolute Gasteiger partial charge is 0.232 e. The summed E-state index contributed by atoms with van der Waals surface area (Å²) in [6.45, 7) is 5.18. The number of rotatable bonds is 3. The normalized spacial score (nSPS) is 13.0. The van der Waals surface area contributed by atoms with Crippen molar-refractivity contribution in [2.75, 3.05) is 7.11 Å². The summed E-state index contributed by atoms with van der Waals surface area (Å²) in [6.07, 6.45) is 3.08. The second-order valence-corrected chi connectivity index (χ2v) is 1.71. The maximum Gasteiger partial charge on any atom is 0.232 e. The van der Waals surface area contributed by atoms with Crippen molar-refractivity contribution in [3.63, 3.8) is 0 Å². The van der Waals surface area contributed by atoms with Crippen LogP contribution in [0.25, 0.3) is 0 Å². The lowest BCUT2D eigenvalue weighted by atomic mass is 10.5. The Bertz CT molecular complexity index is 166. The fourth-order valence-electron chi connectivity index (χ4n) is 0.436. The van der Waals surface area contributed by atoms with Crippen LogP contribution in [0.5, 0.6) is 0 Å². The Balaban J connectivity index is 4.23. The number of allylic oxidation sites excluding steroid dienone is 2. The molecule has 10 heavy (non-hydrogen) atoms. The highest BCUT2D eigenvalue weighted by Crippen LogP contribution is 1.99. The molecular formula is C7H12N2O. The van der Waals surface area contributed by atoms with E-state index in [0.717, 1.165) is 0 Å². The minimum atomic E-state index is 0.430. The number of nitrogens with zero attached hydrogens (tertiary/aromatic N) is 1. The number of methoxy groups -OCH3 is 1. The minimum absolute atomic E-state index is 0.430. The fourth-order valence-corrected chi connectivity index (χ4v) is 0.436. The summed E-state index contributed by atoms with van der Waals surface area (Å²) in [7, 11) is 1.52. The van der Waals surface area contributed by atoms with Gasteiger partial charge in [0, 0.05) is 6.21 Å². The minimum Gasteiger partial charge on any atom is -0.480 e. The van der Waals surface area contributed by atoms with Crippen LogP contribution in [0.3, 0.4) is 0 Å². The molecule has 0 bridgehead atoms. The third-order valence-corrected chi connectivity index (χ3v) is 0.828. The van der Waals surface area contributed by atoms with Gasteiger partial charge in [-0.1, -0.05) is 12.7 Å². The standard InChI is InChI=1S/C7H12N2O/c1-4-5-9-7(10-3)6(2)8/h4-5H,1,8H2,2-3H3/b7-6-,9-5-. The average Bonchev–Trinajstić information content (AvgIpc) is 1.89. The molecule has 0 radical (unpaired) electrons. The van der Waals surface area contributed by atoms with E-state index in [1.165, 1.54) is 13.3 Å². The van der Waals surface area contributed by atoms with Gasteiger partial charge >= 0.3 is 0 Å². The Hall–Kier alpha value is -1.25. The van der Waals surface area contributed by atoms with E-state index in [0.29, 0.717) is 11.6 Å². The second-order valence-electron chi connectivity index (χ2n) is 1.71. The van der Waals surface area contributed by atoms with Gasteiger partial charge in [0.1, 0.15) is 0 Å². The molecule has 0 amide bonds. The number of aliphatic imine (C=N–C) groups is 1. The van der Waals surface area contributed by atoms with Gasteiger partial charge in [-0.05, 0) is 6.92 Å². The van der Waals surface area contributed by atoms with E-state index >= 15 is 0 Å². The third-order valence-electron chi connectivity index (χ3n) is 0.828. The Morgan fingerprint density at radius 3 is 2.60 bits per heavy atom. The Morgan fingerprint density at radius 1 is 1.70 bits per heavy atom. The summed E-state index contributed by atoms with van der Waals surface area (Å²) >= 11 is 0. The van der Waals surface area contributed by atoms with Crippen LogP contribution in [0.1, 0.15) is 6.92 Å². The molecule has 0 saturated heterocycles. The zero-order chi connectivity index (χ0) is 7.98. The van der Waals surface area contributed by atoms with Crippen LogP contribution in [-0.2, 0) is 4.74 Å². The molecule has 3 heteroatoms. The first-order valence-corrected chi connectivity index (χ1v) is 2.87. The van der Waals surface area contributed by atoms with Gasteiger partial charge in [-0.2, -0.15) is 0 Å². The fraction of sp³-hybridized carbons (Fsp3) is 0.286. The zero-order valence-corrected chi connectivity index (χ0v) is 6.29. The summed E-state index contributed by atoms with van der Waals surface area (Å²) in [5.74, 6) is 0.430. The molecule has 0 atom stereocenters. The van der Waals surface area contributed by atoms with Gasteiger partial charge in [0.2, 0.25) is 5.88 Å². The molecule has 0 unspecified atom stereocenters. The van der Waals surface area contributed by atoms with E-state index < -0.39 is 0 Å². The second kappa shape index (κ2) is 4.61. The lowest BCUT2D eigenvalue weighted by Crippen LogP contribution is -1.98. The van der Waals surface area contributed by atoms with E-state index in [1.807, 2.05) is 0 Å². The van der Waals surface area contributed by atoms with Crippen molar-refractivity contribution in [2.45, 2.75) is 6.92 Å². The quantitative estimate of drug-likeness (QED) is 0.470. The predicted octanol–water partition coefficient (Wildman–Crippen LogP) is 1.04. The molecule has 0 aromatic heterocycles. The largest absolute Gasteiger partial charge is 0.480 e. The predicted molar refractivity (Wildman–Crippen MR) is 42.6 cm³/mol. The monoisotopic (exact) mass is 140 g/mol. The molecule has 56 valence electrons. The highest BCUT2D eigenvalue weighted by molar-refractivity contribution is 5.71. The Labute approximate surface area is 60.9 Å². The molecule has 0 aromatic carbocycles. The van der Waals surface area contributed by atoms with E-state index in [4.69, 9.17) is 10.5 Å². The lowest BCUT2D eigenvalue weighted by molar-refractivity contribution is 0.283. The molecule has 0 spiro atoms. The van der Waals surface area contributed by atoms with Crippen molar-refractivity contribution >= 4 is 6.21 Å². The van der Waals surface area contributed by atoms with E-state index in [9.17, 15) is 0 Å². The number of hydrogen-bond donors (Lipinski definition) is 1.